The maximum absolute atomic E-state index is 14.0. The Morgan fingerprint density at radius 2 is 0.714 bits per heavy atom. The van der Waals surface area contributed by atoms with E-state index in [4.69, 9.17) is 0 Å². The van der Waals surface area contributed by atoms with Gasteiger partial charge in [0.05, 0.1) is 0 Å². The predicted molar refractivity (Wildman–Crippen MR) is 155 cm³/mol. The first-order valence-corrected chi connectivity index (χ1v) is 15.2. The normalized spacial score (nSPS) is 28.1. The van der Waals surface area contributed by atoms with Crippen LogP contribution in [0, 0.1) is 0 Å². The summed E-state index contributed by atoms with van der Waals surface area (Å²) in [6, 6.07) is 20.0. The third-order valence-corrected chi connectivity index (χ3v) is 9.22. The van der Waals surface area contributed by atoms with E-state index in [1.165, 1.54) is 0 Å². The monoisotopic (exact) mass is 572 g/mol. The topological polar surface area (TPSA) is 87.7 Å². The highest BCUT2D eigenvalue weighted by molar-refractivity contribution is 5.85. The molecule has 5 fully saturated rings. The number of piperazine rings is 1. The van der Waals surface area contributed by atoms with Crippen molar-refractivity contribution in [2.45, 2.75) is 103 Å². The van der Waals surface area contributed by atoms with E-state index in [9.17, 15) is 19.2 Å². The van der Waals surface area contributed by atoms with Crippen LogP contribution in [0.4, 0.5) is 0 Å². The molecule has 222 valence electrons. The smallest absolute Gasteiger partial charge is 0.225 e. The van der Waals surface area contributed by atoms with Crippen LogP contribution in [0.2, 0.25) is 0 Å². The van der Waals surface area contributed by atoms with Crippen molar-refractivity contribution in [3.63, 3.8) is 0 Å². The molecule has 2 aromatic rings. The summed E-state index contributed by atoms with van der Waals surface area (Å²) in [5.74, 6) is -0.397. The van der Waals surface area contributed by atoms with Crippen molar-refractivity contribution in [3.8, 4) is 0 Å². The minimum atomic E-state index is -0.778. The lowest BCUT2D eigenvalue weighted by Gasteiger charge is -2.55. The standard InChI is InChI=1S/C32H40N6O4/c1-5-23(39)35-27-28-34(20-22-17-13-10-14-18-22)30-29(33(27)19-21-15-11-9-12-16-21)37(25(41)7-3)32(38(30)26(42)8-4)31(35)36(28)24(40)6-2/h9-18,27-32H,5-8,19-20H2,1-4H3/t27-,28-,29-,30+,31?,32?/m0/s1. The Labute approximate surface area is 247 Å². The van der Waals surface area contributed by atoms with Gasteiger partial charge in [-0.3, -0.25) is 48.6 Å². The summed E-state index contributed by atoms with van der Waals surface area (Å²) in [5.41, 5.74) is 2.07. The van der Waals surface area contributed by atoms with Gasteiger partial charge in [0.2, 0.25) is 23.6 Å². The zero-order valence-corrected chi connectivity index (χ0v) is 24.8. The highest BCUT2D eigenvalue weighted by Gasteiger charge is 2.74. The molecule has 6 atom stereocenters. The predicted octanol–water partition coefficient (Wildman–Crippen LogP) is 2.96. The number of carbonyl (C=O) groups excluding carboxylic acids is 4. The van der Waals surface area contributed by atoms with Crippen molar-refractivity contribution in [1.82, 2.24) is 29.4 Å². The van der Waals surface area contributed by atoms with Gasteiger partial charge in [-0.05, 0) is 11.1 Å². The van der Waals surface area contributed by atoms with E-state index in [-0.39, 0.29) is 49.3 Å². The molecule has 2 unspecified atom stereocenters. The number of amides is 4. The molecule has 0 saturated carbocycles. The summed E-state index contributed by atoms with van der Waals surface area (Å²) < 4.78 is 0. The molecule has 6 bridgehead atoms. The fraction of sp³-hybridized carbons (Fsp3) is 0.500. The molecule has 0 aliphatic carbocycles. The van der Waals surface area contributed by atoms with E-state index in [2.05, 4.69) is 9.80 Å². The lowest BCUT2D eigenvalue weighted by atomic mass is 10.0. The Morgan fingerprint density at radius 1 is 0.452 bits per heavy atom. The number of rotatable bonds is 8. The largest absolute Gasteiger partial charge is 0.299 e. The Morgan fingerprint density at radius 3 is 0.952 bits per heavy atom. The second-order valence-corrected chi connectivity index (χ2v) is 11.4. The maximum atomic E-state index is 14.0. The first-order chi connectivity index (χ1) is 20.4. The van der Waals surface area contributed by atoms with Gasteiger partial charge < -0.3 is 0 Å². The fourth-order valence-corrected chi connectivity index (χ4v) is 7.55. The Kier molecular flexibility index (Phi) is 7.53. The fourth-order valence-electron chi connectivity index (χ4n) is 7.55. The van der Waals surface area contributed by atoms with Crippen molar-refractivity contribution in [1.29, 1.82) is 0 Å². The average Bonchev–Trinajstić information content (AvgIpc) is 3.51. The molecule has 10 heteroatoms. The molecule has 0 radical (unpaired) electrons. The molecular formula is C32H40N6O4. The van der Waals surface area contributed by atoms with Crippen molar-refractivity contribution in [2.75, 3.05) is 0 Å². The summed E-state index contributed by atoms with van der Waals surface area (Å²) in [7, 11) is 0. The molecule has 10 nitrogen and oxygen atoms in total. The lowest BCUT2D eigenvalue weighted by Crippen LogP contribution is -2.74. The van der Waals surface area contributed by atoms with Crippen LogP contribution < -0.4 is 0 Å². The van der Waals surface area contributed by atoms with E-state index in [1.54, 1.807) is 0 Å². The SMILES string of the molecule is CCC(=O)N1C2C3N(C(=O)CC)[C@H]4[C@@H](N3C(=O)CC)N(Cc3ccccc3)[C@H]([C@H]1N4Cc1ccccc1)N2C(=O)CC. The zero-order chi connectivity index (χ0) is 29.7. The van der Waals surface area contributed by atoms with Crippen LogP contribution in [0.5, 0.6) is 0 Å². The Balaban J connectivity index is 1.64. The van der Waals surface area contributed by atoms with Gasteiger partial charge in [0.15, 0.2) is 0 Å². The van der Waals surface area contributed by atoms with Gasteiger partial charge in [0.1, 0.15) is 37.0 Å². The van der Waals surface area contributed by atoms with E-state index >= 15 is 0 Å². The van der Waals surface area contributed by atoms with Gasteiger partial charge in [-0.25, -0.2) is 0 Å². The number of hydrogen-bond donors (Lipinski definition) is 0. The molecule has 7 rings (SSSR count). The molecule has 42 heavy (non-hydrogen) atoms. The molecule has 5 saturated heterocycles. The number of nitrogens with zero attached hydrogens (tertiary/aromatic N) is 6. The molecule has 5 aliphatic rings. The average molecular weight is 573 g/mol. The first kappa shape index (κ1) is 28.4. The third kappa shape index (κ3) is 4.14. The van der Waals surface area contributed by atoms with Crippen LogP contribution in [0.15, 0.2) is 60.7 Å². The van der Waals surface area contributed by atoms with Crippen LogP contribution >= 0.6 is 0 Å². The minimum Gasteiger partial charge on any atom is -0.299 e. The Bertz CT molecular complexity index is 1190. The van der Waals surface area contributed by atoms with Crippen LogP contribution in [0.1, 0.15) is 64.5 Å². The number of benzene rings is 2. The highest BCUT2D eigenvalue weighted by atomic mass is 16.2. The zero-order valence-electron chi connectivity index (χ0n) is 24.8. The van der Waals surface area contributed by atoms with Gasteiger partial charge in [0.25, 0.3) is 0 Å². The van der Waals surface area contributed by atoms with Gasteiger partial charge >= 0.3 is 0 Å². The van der Waals surface area contributed by atoms with Gasteiger partial charge in [-0.2, -0.15) is 0 Å². The number of carbonyl (C=O) groups is 4. The van der Waals surface area contributed by atoms with E-state index in [0.29, 0.717) is 13.1 Å². The molecule has 2 aromatic carbocycles. The summed E-state index contributed by atoms with van der Waals surface area (Å²) >= 11 is 0. The highest BCUT2D eigenvalue weighted by Crippen LogP contribution is 2.53. The Hall–Kier alpha value is -3.76. The van der Waals surface area contributed by atoms with Crippen molar-refractivity contribution in [2.24, 2.45) is 0 Å². The molecule has 0 spiro atoms. The molecule has 5 aliphatic heterocycles. The van der Waals surface area contributed by atoms with Crippen LogP contribution in [0.3, 0.4) is 0 Å². The summed E-state index contributed by atoms with van der Waals surface area (Å²) in [5, 5.41) is 0. The molecule has 4 amide bonds. The maximum Gasteiger partial charge on any atom is 0.225 e. The van der Waals surface area contributed by atoms with Crippen molar-refractivity contribution in [3.05, 3.63) is 71.8 Å². The molecule has 0 N–H and O–H groups in total. The second kappa shape index (κ2) is 11.1. The molecular weight excluding hydrogens is 532 g/mol. The van der Waals surface area contributed by atoms with E-state index < -0.39 is 37.0 Å². The van der Waals surface area contributed by atoms with Crippen molar-refractivity contribution >= 4 is 23.6 Å². The third-order valence-electron chi connectivity index (χ3n) is 9.22. The van der Waals surface area contributed by atoms with Crippen LogP contribution in [-0.2, 0) is 32.3 Å². The lowest BCUT2D eigenvalue weighted by molar-refractivity contribution is -0.180. The summed E-state index contributed by atoms with van der Waals surface area (Å²) in [6.45, 7) is 8.24. The van der Waals surface area contributed by atoms with Gasteiger partial charge in [-0.15, -0.1) is 0 Å². The van der Waals surface area contributed by atoms with E-state index in [0.717, 1.165) is 11.1 Å². The summed E-state index contributed by atoms with van der Waals surface area (Å²) in [6.07, 6.45) is -2.52. The summed E-state index contributed by atoms with van der Waals surface area (Å²) in [4.78, 5) is 67.6. The van der Waals surface area contributed by atoms with Crippen molar-refractivity contribution < 1.29 is 19.2 Å². The molecule has 0 aromatic heterocycles. The quantitative estimate of drug-likeness (QED) is 0.484. The van der Waals surface area contributed by atoms with Gasteiger partial charge in [-0.1, -0.05) is 88.4 Å². The number of hydrogen-bond acceptors (Lipinski definition) is 6. The molecule has 5 heterocycles. The second-order valence-electron chi connectivity index (χ2n) is 11.4. The van der Waals surface area contributed by atoms with Crippen LogP contribution in [0.25, 0.3) is 0 Å². The van der Waals surface area contributed by atoms with E-state index in [1.807, 2.05) is 108 Å². The van der Waals surface area contributed by atoms with Gasteiger partial charge in [0, 0.05) is 38.8 Å². The first-order valence-electron chi connectivity index (χ1n) is 15.2. The minimum absolute atomic E-state index is 0.0991. The van der Waals surface area contributed by atoms with Crippen LogP contribution in [-0.4, -0.2) is 90.0 Å².